The van der Waals surface area contributed by atoms with Gasteiger partial charge in [-0.2, -0.15) is 0 Å². The minimum atomic E-state index is -0.545. The smallest absolute Gasteiger partial charge is 0.129 e. The van der Waals surface area contributed by atoms with E-state index >= 15 is 0 Å². The monoisotopic (exact) mass is 285 g/mol. The molecule has 2 nitrogen and oxygen atoms in total. The Morgan fingerprint density at radius 3 is 2.45 bits per heavy atom. The number of hydrogen-bond donors (Lipinski definition) is 1. The van der Waals surface area contributed by atoms with Crippen molar-refractivity contribution in [3.63, 3.8) is 0 Å². The van der Waals surface area contributed by atoms with Gasteiger partial charge in [-0.25, -0.2) is 8.78 Å². The van der Waals surface area contributed by atoms with Crippen molar-refractivity contribution in [2.24, 2.45) is 5.92 Å². The van der Waals surface area contributed by atoms with Gasteiger partial charge in [0, 0.05) is 19.2 Å². The van der Waals surface area contributed by atoms with Crippen LogP contribution in [0.25, 0.3) is 0 Å². The summed E-state index contributed by atoms with van der Waals surface area (Å²) in [5.74, 6) is -0.721. The minimum Gasteiger partial charge on any atom is -0.380 e. The summed E-state index contributed by atoms with van der Waals surface area (Å²) in [7, 11) is 1.67. The molecule has 1 rings (SSSR count). The number of hydrogen-bond acceptors (Lipinski definition) is 2. The van der Waals surface area contributed by atoms with Crippen molar-refractivity contribution in [2.75, 3.05) is 13.7 Å². The molecule has 0 saturated heterocycles. The van der Waals surface area contributed by atoms with Gasteiger partial charge < -0.3 is 10.1 Å². The van der Waals surface area contributed by atoms with Crippen molar-refractivity contribution in [2.45, 2.75) is 45.8 Å². The SMILES string of the molecule is CCCNC(Cc1ccc(F)cc1F)C(OC)C(C)C. The van der Waals surface area contributed by atoms with Crippen LogP contribution in [-0.4, -0.2) is 25.8 Å². The van der Waals surface area contributed by atoms with Crippen molar-refractivity contribution in [3.05, 3.63) is 35.4 Å². The highest BCUT2D eigenvalue weighted by atomic mass is 19.1. The van der Waals surface area contributed by atoms with Crippen molar-refractivity contribution < 1.29 is 13.5 Å². The van der Waals surface area contributed by atoms with Crippen LogP contribution in [0.5, 0.6) is 0 Å². The molecule has 114 valence electrons. The molecule has 1 N–H and O–H groups in total. The molecule has 0 aliphatic carbocycles. The second-order valence-electron chi connectivity index (χ2n) is 5.44. The predicted octanol–water partition coefficient (Wildman–Crippen LogP) is 3.55. The molecular weight excluding hydrogens is 260 g/mol. The minimum absolute atomic E-state index is 0.00833. The molecule has 0 radical (unpaired) electrons. The third-order valence-electron chi connectivity index (χ3n) is 3.44. The number of benzene rings is 1. The van der Waals surface area contributed by atoms with Gasteiger partial charge in [-0.3, -0.25) is 0 Å². The quantitative estimate of drug-likeness (QED) is 0.788. The molecule has 2 atom stereocenters. The largest absolute Gasteiger partial charge is 0.380 e. The van der Waals surface area contributed by atoms with E-state index in [1.165, 1.54) is 12.1 Å². The van der Waals surface area contributed by atoms with Gasteiger partial charge in [-0.1, -0.05) is 26.8 Å². The van der Waals surface area contributed by atoms with Crippen LogP contribution in [0.15, 0.2) is 18.2 Å². The first-order valence-electron chi connectivity index (χ1n) is 7.19. The number of nitrogens with one attached hydrogen (secondary N) is 1. The molecule has 1 aromatic rings. The molecule has 0 bridgehead atoms. The molecule has 4 heteroatoms. The normalized spacial score (nSPS) is 14.6. The van der Waals surface area contributed by atoms with Crippen LogP contribution in [0, 0.1) is 17.6 Å². The third kappa shape index (κ3) is 4.84. The van der Waals surface area contributed by atoms with E-state index in [2.05, 4.69) is 26.1 Å². The molecule has 0 amide bonds. The summed E-state index contributed by atoms with van der Waals surface area (Å²) >= 11 is 0. The second kappa shape index (κ2) is 8.32. The van der Waals surface area contributed by atoms with Crippen LogP contribution >= 0.6 is 0 Å². The lowest BCUT2D eigenvalue weighted by Crippen LogP contribution is -2.45. The summed E-state index contributed by atoms with van der Waals surface area (Å²) in [6.07, 6.45) is 1.48. The van der Waals surface area contributed by atoms with E-state index in [4.69, 9.17) is 4.74 Å². The second-order valence-corrected chi connectivity index (χ2v) is 5.44. The highest BCUT2D eigenvalue weighted by molar-refractivity contribution is 5.20. The average Bonchev–Trinajstić information content (AvgIpc) is 2.39. The van der Waals surface area contributed by atoms with Gasteiger partial charge in [0.2, 0.25) is 0 Å². The first kappa shape index (κ1) is 17.1. The molecule has 0 aliphatic rings. The van der Waals surface area contributed by atoms with E-state index in [1.807, 2.05) is 0 Å². The lowest BCUT2D eigenvalue weighted by molar-refractivity contribution is 0.0330. The van der Waals surface area contributed by atoms with Crippen molar-refractivity contribution in [3.8, 4) is 0 Å². The first-order valence-corrected chi connectivity index (χ1v) is 7.19. The highest BCUT2D eigenvalue weighted by Crippen LogP contribution is 2.18. The van der Waals surface area contributed by atoms with E-state index in [0.29, 0.717) is 17.9 Å². The summed E-state index contributed by atoms with van der Waals surface area (Å²) in [5, 5.41) is 3.41. The Morgan fingerprint density at radius 2 is 1.95 bits per heavy atom. The maximum atomic E-state index is 13.8. The Labute approximate surface area is 120 Å². The zero-order valence-electron chi connectivity index (χ0n) is 12.7. The van der Waals surface area contributed by atoms with E-state index in [-0.39, 0.29) is 12.1 Å². The topological polar surface area (TPSA) is 21.3 Å². The fourth-order valence-electron chi connectivity index (χ4n) is 2.46. The molecule has 1 aromatic carbocycles. The van der Waals surface area contributed by atoms with E-state index < -0.39 is 11.6 Å². The molecular formula is C16H25F2NO. The highest BCUT2D eigenvalue weighted by Gasteiger charge is 2.25. The predicted molar refractivity (Wildman–Crippen MR) is 77.8 cm³/mol. The van der Waals surface area contributed by atoms with Crippen molar-refractivity contribution >= 4 is 0 Å². The molecule has 20 heavy (non-hydrogen) atoms. The van der Waals surface area contributed by atoms with Crippen LogP contribution in [0.4, 0.5) is 8.78 Å². The van der Waals surface area contributed by atoms with Crippen LogP contribution in [0.3, 0.4) is 0 Å². The molecule has 0 spiro atoms. The Morgan fingerprint density at radius 1 is 1.25 bits per heavy atom. The summed E-state index contributed by atoms with van der Waals surface area (Å²) in [5.41, 5.74) is 0.516. The zero-order valence-corrected chi connectivity index (χ0v) is 12.7. The number of halogens is 2. The number of rotatable bonds is 8. The molecule has 2 unspecified atom stereocenters. The summed E-state index contributed by atoms with van der Waals surface area (Å²) in [6, 6.07) is 3.76. The molecule has 0 aromatic heterocycles. The first-order chi connectivity index (χ1) is 9.49. The van der Waals surface area contributed by atoms with Crippen LogP contribution in [-0.2, 0) is 11.2 Å². The van der Waals surface area contributed by atoms with Gasteiger partial charge in [0.05, 0.1) is 6.10 Å². The molecule has 0 fully saturated rings. The maximum absolute atomic E-state index is 13.8. The van der Waals surface area contributed by atoms with E-state index in [9.17, 15) is 8.78 Å². The van der Waals surface area contributed by atoms with Gasteiger partial charge in [-0.05, 0) is 36.9 Å². The van der Waals surface area contributed by atoms with Crippen LogP contribution in [0.1, 0.15) is 32.8 Å². The Kier molecular flexibility index (Phi) is 7.10. The van der Waals surface area contributed by atoms with Gasteiger partial charge in [-0.15, -0.1) is 0 Å². The summed E-state index contributed by atoms with van der Waals surface area (Å²) in [6.45, 7) is 7.09. The molecule has 0 saturated carbocycles. The number of ether oxygens (including phenoxy) is 1. The van der Waals surface area contributed by atoms with Crippen molar-refractivity contribution in [1.82, 2.24) is 5.32 Å². The fourth-order valence-corrected chi connectivity index (χ4v) is 2.46. The fraction of sp³-hybridized carbons (Fsp3) is 0.625. The van der Waals surface area contributed by atoms with Gasteiger partial charge >= 0.3 is 0 Å². The number of methoxy groups -OCH3 is 1. The summed E-state index contributed by atoms with van der Waals surface area (Å²) < 4.78 is 32.3. The van der Waals surface area contributed by atoms with Crippen LogP contribution in [0.2, 0.25) is 0 Å². The lowest BCUT2D eigenvalue weighted by atomic mass is 9.93. The third-order valence-corrected chi connectivity index (χ3v) is 3.44. The van der Waals surface area contributed by atoms with E-state index in [1.54, 1.807) is 7.11 Å². The lowest BCUT2D eigenvalue weighted by Gasteiger charge is -2.30. The zero-order chi connectivity index (χ0) is 15.1. The molecule has 0 aliphatic heterocycles. The van der Waals surface area contributed by atoms with Gasteiger partial charge in [0.15, 0.2) is 0 Å². The summed E-state index contributed by atoms with van der Waals surface area (Å²) in [4.78, 5) is 0. The van der Waals surface area contributed by atoms with Crippen LogP contribution < -0.4 is 5.32 Å². The Hall–Kier alpha value is -1.00. The average molecular weight is 285 g/mol. The molecule has 0 heterocycles. The van der Waals surface area contributed by atoms with Crippen molar-refractivity contribution in [1.29, 1.82) is 0 Å². The Bertz CT molecular complexity index is 409. The standard InChI is InChI=1S/C16H25F2NO/c1-5-8-19-15(16(20-4)11(2)3)9-12-6-7-13(17)10-14(12)18/h6-7,10-11,15-16,19H,5,8-9H2,1-4H3. The van der Waals surface area contributed by atoms with Gasteiger partial charge in [0.25, 0.3) is 0 Å². The van der Waals surface area contributed by atoms with E-state index in [0.717, 1.165) is 19.0 Å². The van der Waals surface area contributed by atoms with Gasteiger partial charge in [0.1, 0.15) is 11.6 Å². The maximum Gasteiger partial charge on any atom is 0.129 e. The Balaban J connectivity index is 2.87.